The van der Waals surface area contributed by atoms with Gasteiger partial charge in [-0.1, -0.05) is 29.8 Å². The number of hydrogen-bond acceptors (Lipinski definition) is 4. The van der Waals surface area contributed by atoms with Gasteiger partial charge in [0.1, 0.15) is 17.2 Å². The number of carbonyl (C=O) groups excluding carboxylic acids is 1. The molecule has 1 amide bonds. The Morgan fingerprint density at radius 3 is 2.65 bits per heavy atom. The summed E-state index contributed by atoms with van der Waals surface area (Å²) >= 11 is 0. The number of hydrogen-bond donors (Lipinski definition) is 1. The third kappa shape index (κ3) is 5.76. The quantitative estimate of drug-likeness (QED) is 0.692. The standard InChI is InChI=1S/C23H29FN2O4S/c1-16-11-12-21-17(14-16)19(15-23(2,3)30-21)25-22(27)10-7-13-26(31(4,28)29)20-9-6-5-8-18(20)24/h5-6,8-9,11-12,14,19H,7,10,13,15H2,1-4H3,(H,25,27)/t19-/m0/s1. The number of nitrogens with one attached hydrogen (secondary N) is 1. The predicted molar refractivity (Wildman–Crippen MR) is 119 cm³/mol. The zero-order chi connectivity index (χ0) is 22.8. The highest BCUT2D eigenvalue weighted by molar-refractivity contribution is 7.92. The van der Waals surface area contributed by atoms with E-state index < -0.39 is 21.4 Å². The minimum absolute atomic E-state index is 0.0130. The molecular weight excluding hydrogens is 419 g/mol. The lowest BCUT2D eigenvalue weighted by molar-refractivity contribution is -0.122. The van der Waals surface area contributed by atoms with Crippen molar-refractivity contribution in [2.75, 3.05) is 17.1 Å². The first-order valence-electron chi connectivity index (χ1n) is 10.3. The van der Waals surface area contributed by atoms with Crippen LogP contribution in [-0.2, 0) is 14.8 Å². The molecule has 1 atom stereocenters. The lowest BCUT2D eigenvalue weighted by atomic mass is 9.89. The van der Waals surface area contributed by atoms with Crippen LogP contribution in [0.1, 0.15) is 50.3 Å². The van der Waals surface area contributed by atoms with Crippen molar-refractivity contribution in [3.8, 4) is 5.75 Å². The molecule has 0 aliphatic carbocycles. The zero-order valence-electron chi connectivity index (χ0n) is 18.3. The van der Waals surface area contributed by atoms with Crippen molar-refractivity contribution in [3.05, 3.63) is 59.4 Å². The highest BCUT2D eigenvalue weighted by Gasteiger charge is 2.34. The lowest BCUT2D eigenvalue weighted by Gasteiger charge is -2.38. The van der Waals surface area contributed by atoms with Gasteiger partial charge in [0.25, 0.3) is 0 Å². The Balaban J connectivity index is 1.66. The van der Waals surface area contributed by atoms with Crippen LogP contribution in [0.15, 0.2) is 42.5 Å². The molecule has 0 saturated carbocycles. The first-order chi connectivity index (χ1) is 14.5. The normalized spacial score (nSPS) is 17.4. The van der Waals surface area contributed by atoms with Crippen LogP contribution < -0.4 is 14.4 Å². The Bertz CT molecular complexity index is 1070. The van der Waals surface area contributed by atoms with Gasteiger partial charge in [-0.15, -0.1) is 0 Å². The van der Waals surface area contributed by atoms with Crippen molar-refractivity contribution in [1.29, 1.82) is 0 Å². The molecule has 0 radical (unpaired) electrons. The smallest absolute Gasteiger partial charge is 0.232 e. The fourth-order valence-electron chi connectivity index (χ4n) is 3.87. The second kappa shape index (κ2) is 8.86. The summed E-state index contributed by atoms with van der Waals surface area (Å²) in [5.74, 6) is -0.0408. The molecule has 1 N–H and O–H groups in total. The summed E-state index contributed by atoms with van der Waals surface area (Å²) in [6.45, 7) is 5.96. The number of benzene rings is 2. The minimum Gasteiger partial charge on any atom is -0.487 e. The number of fused-ring (bicyclic) bond motifs is 1. The Morgan fingerprint density at radius 2 is 1.97 bits per heavy atom. The highest BCUT2D eigenvalue weighted by atomic mass is 32.2. The molecule has 0 saturated heterocycles. The summed E-state index contributed by atoms with van der Waals surface area (Å²) < 4.78 is 45.5. The second-order valence-corrected chi connectivity index (χ2v) is 10.5. The SMILES string of the molecule is Cc1ccc2c(c1)[C@@H](NC(=O)CCCN(c1ccccc1F)S(C)(=O)=O)CC(C)(C)O2. The van der Waals surface area contributed by atoms with Crippen molar-refractivity contribution >= 4 is 21.6 Å². The van der Waals surface area contributed by atoms with Gasteiger partial charge in [0, 0.05) is 24.9 Å². The van der Waals surface area contributed by atoms with Crippen LogP contribution in [0, 0.1) is 12.7 Å². The van der Waals surface area contributed by atoms with E-state index in [1.54, 1.807) is 6.07 Å². The van der Waals surface area contributed by atoms with Gasteiger partial charge in [-0.25, -0.2) is 12.8 Å². The van der Waals surface area contributed by atoms with E-state index in [0.717, 1.165) is 27.4 Å². The average molecular weight is 449 g/mol. The molecule has 1 aliphatic heterocycles. The monoisotopic (exact) mass is 448 g/mol. The van der Waals surface area contributed by atoms with Crippen LogP contribution in [0.2, 0.25) is 0 Å². The third-order valence-corrected chi connectivity index (χ3v) is 6.42. The van der Waals surface area contributed by atoms with Gasteiger partial charge < -0.3 is 10.1 Å². The number of aryl methyl sites for hydroxylation is 1. The van der Waals surface area contributed by atoms with E-state index in [-0.39, 0.29) is 37.0 Å². The summed E-state index contributed by atoms with van der Waals surface area (Å²) in [4.78, 5) is 12.7. The number of para-hydroxylation sites is 1. The zero-order valence-corrected chi connectivity index (χ0v) is 19.1. The number of halogens is 1. The molecule has 0 spiro atoms. The molecule has 2 aromatic rings. The van der Waals surface area contributed by atoms with Crippen molar-refractivity contribution in [2.45, 2.75) is 51.7 Å². The Hall–Kier alpha value is -2.61. The summed E-state index contributed by atoms with van der Waals surface area (Å²) in [5, 5.41) is 3.06. The van der Waals surface area contributed by atoms with Gasteiger partial charge in [0.05, 0.1) is 18.0 Å². The van der Waals surface area contributed by atoms with E-state index in [1.165, 1.54) is 18.2 Å². The highest BCUT2D eigenvalue weighted by Crippen LogP contribution is 2.39. The van der Waals surface area contributed by atoms with Crippen LogP contribution in [0.4, 0.5) is 10.1 Å². The topological polar surface area (TPSA) is 75.7 Å². The predicted octanol–water partition coefficient (Wildman–Crippen LogP) is 4.10. The molecule has 31 heavy (non-hydrogen) atoms. The van der Waals surface area contributed by atoms with Gasteiger partial charge in [0.15, 0.2) is 0 Å². The Labute approximate surface area is 183 Å². The van der Waals surface area contributed by atoms with Crippen LogP contribution >= 0.6 is 0 Å². The van der Waals surface area contributed by atoms with E-state index >= 15 is 0 Å². The number of sulfonamides is 1. The number of rotatable bonds is 7. The van der Waals surface area contributed by atoms with Gasteiger partial charge >= 0.3 is 0 Å². The van der Waals surface area contributed by atoms with Crippen molar-refractivity contribution in [2.24, 2.45) is 0 Å². The first-order valence-corrected chi connectivity index (χ1v) is 12.1. The number of anilines is 1. The molecule has 0 fully saturated rings. The van der Waals surface area contributed by atoms with Crippen molar-refractivity contribution < 1.29 is 22.3 Å². The van der Waals surface area contributed by atoms with E-state index in [0.29, 0.717) is 6.42 Å². The molecule has 8 heteroatoms. The van der Waals surface area contributed by atoms with Gasteiger partial charge in [0.2, 0.25) is 15.9 Å². The van der Waals surface area contributed by atoms with Crippen LogP contribution in [0.3, 0.4) is 0 Å². The van der Waals surface area contributed by atoms with Crippen molar-refractivity contribution in [1.82, 2.24) is 5.32 Å². The number of carbonyl (C=O) groups is 1. The fourth-order valence-corrected chi connectivity index (χ4v) is 4.84. The third-order valence-electron chi connectivity index (χ3n) is 5.24. The Kier molecular flexibility index (Phi) is 6.59. The molecule has 168 valence electrons. The molecule has 0 bridgehead atoms. The van der Waals surface area contributed by atoms with E-state index in [4.69, 9.17) is 4.74 Å². The molecule has 1 aliphatic rings. The van der Waals surface area contributed by atoms with Gasteiger partial charge in [-0.2, -0.15) is 0 Å². The molecule has 0 aromatic heterocycles. The Morgan fingerprint density at radius 1 is 1.26 bits per heavy atom. The van der Waals surface area contributed by atoms with E-state index in [9.17, 15) is 17.6 Å². The van der Waals surface area contributed by atoms with E-state index in [2.05, 4.69) is 5.32 Å². The van der Waals surface area contributed by atoms with Crippen LogP contribution in [0.5, 0.6) is 5.75 Å². The van der Waals surface area contributed by atoms with E-state index in [1.807, 2.05) is 39.0 Å². The summed E-state index contributed by atoms with van der Waals surface area (Å²) in [5.41, 5.74) is 1.59. The number of ether oxygens (including phenoxy) is 1. The summed E-state index contributed by atoms with van der Waals surface area (Å²) in [7, 11) is -3.68. The number of nitrogens with zero attached hydrogens (tertiary/aromatic N) is 1. The average Bonchev–Trinajstić information content (AvgIpc) is 2.65. The van der Waals surface area contributed by atoms with Gasteiger partial charge in [-0.3, -0.25) is 9.10 Å². The summed E-state index contributed by atoms with van der Waals surface area (Å²) in [6, 6.07) is 11.4. The van der Waals surface area contributed by atoms with Crippen molar-refractivity contribution in [3.63, 3.8) is 0 Å². The molecule has 6 nitrogen and oxygen atoms in total. The van der Waals surface area contributed by atoms with Crippen LogP contribution in [-0.4, -0.2) is 32.7 Å². The first kappa shape index (κ1) is 23.1. The molecule has 2 aromatic carbocycles. The largest absolute Gasteiger partial charge is 0.487 e. The fraction of sp³-hybridized carbons (Fsp3) is 0.435. The molecule has 0 unspecified atom stereocenters. The minimum atomic E-state index is -3.68. The summed E-state index contributed by atoms with van der Waals surface area (Å²) in [6.07, 6.45) is 2.04. The molecule has 1 heterocycles. The maximum atomic E-state index is 14.1. The lowest BCUT2D eigenvalue weighted by Crippen LogP contribution is -2.41. The number of amides is 1. The second-order valence-electron chi connectivity index (χ2n) is 8.62. The van der Waals surface area contributed by atoms with Gasteiger partial charge in [-0.05, 0) is 45.4 Å². The maximum Gasteiger partial charge on any atom is 0.232 e. The molecular formula is C23H29FN2O4S. The van der Waals surface area contributed by atoms with Crippen LogP contribution in [0.25, 0.3) is 0 Å². The maximum absolute atomic E-state index is 14.1. The molecule has 3 rings (SSSR count).